The Morgan fingerprint density at radius 3 is 2.94 bits per heavy atom. The Labute approximate surface area is 108 Å². The van der Waals surface area contributed by atoms with E-state index in [1.165, 1.54) is 6.42 Å². The van der Waals surface area contributed by atoms with E-state index in [0.717, 1.165) is 42.9 Å². The van der Waals surface area contributed by atoms with Crippen molar-refractivity contribution in [3.63, 3.8) is 0 Å². The number of amides is 1. The van der Waals surface area contributed by atoms with E-state index in [2.05, 4.69) is 15.6 Å². The van der Waals surface area contributed by atoms with Crippen molar-refractivity contribution in [2.24, 2.45) is 0 Å². The first-order chi connectivity index (χ1) is 8.66. The number of carbonyl (C=O) groups excluding carboxylic acids is 1. The van der Waals surface area contributed by atoms with E-state index < -0.39 is 0 Å². The van der Waals surface area contributed by atoms with Gasteiger partial charge in [0.05, 0.1) is 17.4 Å². The predicted octanol–water partition coefficient (Wildman–Crippen LogP) is 2.17. The van der Waals surface area contributed by atoms with Crippen molar-refractivity contribution in [2.45, 2.75) is 45.6 Å². The first kappa shape index (κ1) is 13.0. The molecule has 2 heterocycles. The fourth-order valence-electron chi connectivity index (χ4n) is 2.29. The molecular formula is C14H21N3O. The van der Waals surface area contributed by atoms with Gasteiger partial charge in [0.1, 0.15) is 0 Å². The van der Waals surface area contributed by atoms with Crippen LogP contribution in [-0.2, 0) is 4.79 Å². The van der Waals surface area contributed by atoms with Crippen LogP contribution in [0.4, 0.5) is 5.69 Å². The Balaban J connectivity index is 2.01. The van der Waals surface area contributed by atoms with Crippen LogP contribution in [0.25, 0.3) is 0 Å². The summed E-state index contributed by atoms with van der Waals surface area (Å²) < 4.78 is 0. The van der Waals surface area contributed by atoms with Crippen molar-refractivity contribution < 1.29 is 4.79 Å². The molecule has 1 aromatic rings. The van der Waals surface area contributed by atoms with Gasteiger partial charge in [0, 0.05) is 5.69 Å². The zero-order valence-electron chi connectivity index (χ0n) is 11.1. The summed E-state index contributed by atoms with van der Waals surface area (Å²) in [4.78, 5) is 16.5. The Kier molecular flexibility index (Phi) is 4.31. The number of nitrogens with zero attached hydrogens (tertiary/aromatic N) is 1. The molecule has 0 bridgehead atoms. The van der Waals surface area contributed by atoms with Gasteiger partial charge < -0.3 is 10.6 Å². The Bertz CT molecular complexity index is 423. The second-order valence-corrected chi connectivity index (χ2v) is 4.93. The summed E-state index contributed by atoms with van der Waals surface area (Å²) in [6, 6.07) is 3.78. The standard InChI is InChI=1S/C14H21N3O/c1-10-7-8-12(11(2)16-10)17-14(18)13-6-4-3-5-9-15-13/h7-8,13,15H,3-6,9H2,1-2H3,(H,17,18). The minimum atomic E-state index is -0.0618. The van der Waals surface area contributed by atoms with Gasteiger partial charge in [-0.25, -0.2) is 0 Å². The lowest BCUT2D eigenvalue weighted by molar-refractivity contribution is -0.118. The minimum Gasteiger partial charge on any atom is -0.323 e. The summed E-state index contributed by atoms with van der Waals surface area (Å²) >= 11 is 0. The van der Waals surface area contributed by atoms with Crippen LogP contribution < -0.4 is 10.6 Å². The second-order valence-electron chi connectivity index (χ2n) is 4.93. The van der Waals surface area contributed by atoms with Crippen LogP contribution in [-0.4, -0.2) is 23.5 Å². The van der Waals surface area contributed by atoms with E-state index in [-0.39, 0.29) is 11.9 Å². The van der Waals surface area contributed by atoms with Gasteiger partial charge in [-0.15, -0.1) is 0 Å². The van der Waals surface area contributed by atoms with Crippen molar-refractivity contribution in [2.75, 3.05) is 11.9 Å². The van der Waals surface area contributed by atoms with Crippen LogP contribution >= 0.6 is 0 Å². The van der Waals surface area contributed by atoms with Crippen molar-refractivity contribution in [1.82, 2.24) is 10.3 Å². The smallest absolute Gasteiger partial charge is 0.241 e. The topological polar surface area (TPSA) is 54.0 Å². The fourth-order valence-corrected chi connectivity index (χ4v) is 2.29. The molecule has 1 fully saturated rings. The van der Waals surface area contributed by atoms with Gasteiger partial charge in [0.15, 0.2) is 0 Å². The van der Waals surface area contributed by atoms with E-state index in [1.807, 2.05) is 26.0 Å². The molecule has 1 atom stereocenters. The highest BCUT2D eigenvalue weighted by Gasteiger charge is 2.19. The van der Waals surface area contributed by atoms with E-state index in [4.69, 9.17) is 0 Å². The molecule has 1 aliphatic rings. The number of nitrogens with one attached hydrogen (secondary N) is 2. The van der Waals surface area contributed by atoms with Crippen molar-refractivity contribution in [1.29, 1.82) is 0 Å². The summed E-state index contributed by atoms with van der Waals surface area (Å²) in [5, 5.41) is 6.27. The highest BCUT2D eigenvalue weighted by Crippen LogP contribution is 2.15. The lowest BCUT2D eigenvalue weighted by atomic mass is 10.1. The lowest BCUT2D eigenvalue weighted by Gasteiger charge is -2.16. The average molecular weight is 247 g/mol. The highest BCUT2D eigenvalue weighted by atomic mass is 16.2. The molecule has 2 rings (SSSR count). The molecule has 4 heteroatoms. The van der Waals surface area contributed by atoms with Gasteiger partial charge in [-0.3, -0.25) is 9.78 Å². The minimum absolute atomic E-state index is 0.0608. The quantitative estimate of drug-likeness (QED) is 0.842. The van der Waals surface area contributed by atoms with E-state index in [1.54, 1.807) is 0 Å². The predicted molar refractivity (Wildman–Crippen MR) is 72.6 cm³/mol. The van der Waals surface area contributed by atoms with E-state index in [9.17, 15) is 4.79 Å². The monoisotopic (exact) mass is 247 g/mol. The van der Waals surface area contributed by atoms with Crippen LogP contribution in [0.15, 0.2) is 12.1 Å². The number of hydrogen-bond donors (Lipinski definition) is 2. The van der Waals surface area contributed by atoms with Crippen LogP contribution in [0.1, 0.15) is 37.1 Å². The van der Waals surface area contributed by atoms with Crippen LogP contribution in [0, 0.1) is 13.8 Å². The zero-order valence-corrected chi connectivity index (χ0v) is 11.1. The Morgan fingerprint density at radius 1 is 1.33 bits per heavy atom. The summed E-state index contributed by atoms with van der Waals surface area (Å²) in [6.07, 6.45) is 4.41. The van der Waals surface area contributed by atoms with Crippen molar-refractivity contribution >= 4 is 11.6 Å². The van der Waals surface area contributed by atoms with Crippen LogP contribution in [0.2, 0.25) is 0 Å². The third-order valence-electron chi connectivity index (χ3n) is 3.36. The Hall–Kier alpha value is -1.42. The van der Waals surface area contributed by atoms with Gasteiger partial charge in [-0.1, -0.05) is 12.8 Å². The number of carbonyl (C=O) groups is 1. The summed E-state index contributed by atoms with van der Waals surface area (Å²) in [5.41, 5.74) is 2.66. The molecule has 1 aliphatic heterocycles. The molecule has 1 saturated heterocycles. The normalized spacial score (nSPS) is 20.2. The molecule has 0 aliphatic carbocycles. The van der Waals surface area contributed by atoms with Gasteiger partial charge in [0.25, 0.3) is 0 Å². The summed E-state index contributed by atoms with van der Waals surface area (Å²) in [5.74, 6) is 0.0608. The lowest BCUT2D eigenvalue weighted by Crippen LogP contribution is -2.40. The zero-order chi connectivity index (χ0) is 13.0. The highest BCUT2D eigenvalue weighted by molar-refractivity contribution is 5.95. The molecule has 98 valence electrons. The first-order valence-electron chi connectivity index (χ1n) is 6.65. The Morgan fingerprint density at radius 2 is 2.17 bits per heavy atom. The number of aromatic nitrogens is 1. The molecule has 0 radical (unpaired) electrons. The summed E-state index contributed by atoms with van der Waals surface area (Å²) in [7, 11) is 0. The number of aryl methyl sites for hydroxylation is 2. The molecular weight excluding hydrogens is 226 g/mol. The molecule has 0 spiro atoms. The number of pyridine rings is 1. The molecule has 4 nitrogen and oxygen atoms in total. The molecule has 18 heavy (non-hydrogen) atoms. The number of rotatable bonds is 2. The first-order valence-corrected chi connectivity index (χ1v) is 6.65. The van der Waals surface area contributed by atoms with Crippen LogP contribution in [0.3, 0.4) is 0 Å². The van der Waals surface area contributed by atoms with Gasteiger partial charge in [-0.05, 0) is 45.4 Å². The van der Waals surface area contributed by atoms with Crippen LogP contribution in [0.5, 0.6) is 0 Å². The fraction of sp³-hybridized carbons (Fsp3) is 0.571. The molecule has 1 amide bonds. The van der Waals surface area contributed by atoms with Gasteiger partial charge in [-0.2, -0.15) is 0 Å². The largest absolute Gasteiger partial charge is 0.323 e. The molecule has 1 unspecified atom stereocenters. The van der Waals surface area contributed by atoms with E-state index >= 15 is 0 Å². The average Bonchev–Trinajstić information content (AvgIpc) is 2.61. The third-order valence-corrected chi connectivity index (χ3v) is 3.36. The van der Waals surface area contributed by atoms with Crippen molar-refractivity contribution in [3.05, 3.63) is 23.5 Å². The van der Waals surface area contributed by atoms with Gasteiger partial charge in [0.2, 0.25) is 5.91 Å². The van der Waals surface area contributed by atoms with Gasteiger partial charge >= 0.3 is 0 Å². The third kappa shape index (κ3) is 3.29. The number of hydrogen-bond acceptors (Lipinski definition) is 3. The molecule has 0 aromatic carbocycles. The second kappa shape index (κ2) is 5.96. The molecule has 2 N–H and O–H groups in total. The maximum absolute atomic E-state index is 12.2. The summed E-state index contributed by atoms with van der Waals surface area (Å²) in [6.45, 7) is 4.80. The molecule has 1 aromatic heterocycles. The number of anilines is 1. The maximum atomic E-state index is 12.2. The SMILES string of the molecule is Cc1ccc(NC(=O)C2CCCCCN2)c(C)n1. The van der Waals surface area contributed by atoms with E-state index in [0.29, 0.717) is 0 Å². The molecule has 0 saturated carbocycles. The maximum Gasteiger partial charge on any atom is 0.241 e. The van der Waals surface area contributed by atoms with Crippen molar-refractivity contribution in [3.8, 4) is 0 Å².